The predicted molar refractivity (Wildman–Crippen MR) is 68.7 cm³/mol. The van der Waals surface area contributed by atoms with Crippen molar-refractivity contribution in [1.29, 1.82) is 0 Å². The fraction of sp³-hybridized carbons (Fsp3) is 0.308. The summed E-state index contributed by atoms with van der Waals surface area (Å²) < 4.78 is 0. The van der Waals surface area contributed by atoms with Gasteiger partial charge in [0.1, 0.15) is 0 Å². The van der Waals surface area contributed by atoms with Crippen LogP contribution in [0.5, 0.6) is 0 Å². The average molecular weight is 278 g/mol. The number of alkyl halides is 1. The van der Waals surface area contributed by atoms with Gasteiger partial charge in [-0.05, 0) is 24.5 Å². The molecule has 16 heavy (non-hydrogen) atoms. The number of carbonyl (C=O) groups excluding carboxylic acids is 1. The van der Waals surface area contributed by atoms with Gasteiger partial charge in [-0.15, -0.1) is 6.42 Å². The molecule has 0 N–H and O–H groups in total. The number of amides is 1. The number of terminal acetylenes is 1. The van der Waals surface area contributed by atoms with Crippen LogP contribution in [0, 0.1) is 12.3 Å². The molecule has 0 spiro atoms. The van der Waals surface area contributed by atoms with Crippen LogP contribution in [0.25, 0.3) is 0 Å². The van der Waals surface area contributed by atoms with Crippen molar-refractivity contribution in [1.82, 2.24) is 0 Å². The highest BCUT2D eigenvalue weighted by Crippen LogP contribution is 2.28. The fourth-order valence-electron chi connectivity index (χ4n) is 1.93. The van der Waals surface area contributed by atoms with E-state index in [1.165, 1.54) is 5.56 Å². The highest BCUT2D eigenvalue weighted by molar-refractivity contribution is 9.10. The molecule has 2 rings (SSSR count). The monoisotopic (exact) mass is 277 g/mol. The quantitative estimate of drug-likeness (QED) is 0.570. The maximum Gasteiger partial charge on any atom is 0.241 e. The fourth-order valence-corrected chi connectivity index (χ4v) is 2.41. The number of rotatable bonds is 1. The summed E-state index contributed by atoms with van der Waals surface area (Å²) in [5.41, 5.74) is 2.14. The Morgan fingerprint density at radius 2 is 2.25 bits per heavy atom. The number of para-hydroxylation sites is 1. The minimum Gasteiger partial charge on any atom is -0.300 e. The van der Waals surface area contributed by atoms with Gasteiger partial charge < -0.3 is 0 Å². The van der Waals surface area contributed by atoms with Crippen LogP contribution in [-0.2, 0) is 11.2 Å². The third-order valence-electron chi connectivity index (χ3n) is 2.73. The van der Waals surface area contributed by atoms with E-state index < -0.39 is 0 Å². The number of hydrogen-bond acceptors (Lipinski definition) is 1. The summed E-state index contributed by atoms with van der Waals surface area (Å²) in [6.45, 7) is 0.331. The van der Waals surface area contributed by atoms with Crippen molar-refractivity contribution in [3.8, 4) is 12.3 Å². The zero-order valence-corrected chi connectivity index (χ0v) is 10.4. The second-order valence-corrected chi connectivity index (χ2v) is 4.87. The average Bonchev–Trinajstić information content (AvgIpc) is 2.42. The third kappa shape index (κ3) is 1.98. The molecular formula is C13H12BrNO. The molecule has 1 aromatic rings. The van der Waals surface area contributed by atoms with E-state index in [-0.39, 0.29) is 10.7 Å². The number of benzene rings is 1. The lowest BCUT2D eigenvalue weighted by molar-refractivity contribution is -0.117. The molecular weight excluding hydrogens is 266 g/mol. The summed E-state index contributed by atoms with van der Waals surface area (Å²) in [4.78, 5) is 13.6. The van der Waals surface area contributed by atoms with Crippen LogP contribution in [-0.4, -0.2) is 17.3 Å². The van der Waals surface area contributed by atoms with Crippen LogP contribution in [0.3, 0.4) is 0 Å². The van der Waals surface area contributed by atoms with E-state index >= 15 is 0 Å². The Balaban J connectivity index is 2.45. The summed E-state index contributed by atoms with van der Waals surface area (Å²) in [5, 5.41) is 0. The van der Waals surface area contributed by atoms with Gasteiger partial charge in [0.2, 0.25) is 5.91 Å². The Bertz CT molecular complexity index is 449. The van der Waals surface area contributed by atoms with E-state index in [2.05, 4.69) is 27.9 Å². The molecule has 0 bridgehead atoms. The Hall–Kier alpha value is -1.27. The van der Waals surface area contributed by atoms with Gasteiger partial charge >= 0.3 is 0 Å². The Labute approximate surface area is 104 Å². The van der Waals surface area contributed by atoms with Crippen molar-refractivity contribution in [3.05, 3.63) is 29.8 Å². The molecule has 0 radical (unpaired) electrons. The van der Waals surface area contributed by atoms with E-state index in [0.29, 0.717) is 6.54 Å². The molecule has 0 aromatic heterocycles. The van der Waals surface area contributed by atoms with E-state index in [9.17, 15) is 4.79 Å². The van der Waals surface area contributed by atoms with E-state index in [4.69, 9.17) is 6.42 Å². The minimum atomic E-state index is -0.131. The zero-order valence-electron chi connectivity index (χ0n) is 8.82. The summed E-state index contributed by atoms with van der Waals surface area (Å²) in [6, 6.07) is 7.93. The molecule has 0 saturated heterocycles. The molecule has 1 aliphatic rings. The molecule has 0 aliphatic carbocycles. The van der Waals surface area contributed by atoms with Crippen molar-refractivity contribution < 1.29 is 4.79 Å². The maximum atomic E-state index is 12.1. The van der Waals surface area contributed by atoms with Crippen molar-refractivity contribution in [2.75, 3.05) is 11.4 Å². The van der Waals surface area contributed by atoms with Crippen molar-refractivity contribution in [3.63, 3.8) is 0 Å². The lowest BCUT2D eigenvalue weighted by atomic mass is 10.1. The van der Waals surface area contributed by atoms with Crippen LogP contribution in [0.4, 0.5) is 5.69 Å². The number of anilines is 1. The highest BCUT2D eigenvalue weighted by atomic mass is 79.9. The van der Waals surface area contributed by atoms with Crippen LogP contribution < -0.4 is 4.90 Å². The molecule has 1 heterocycles. The van der Waals surface area contributed by atoms with E-state index in [1.54, 1.807) is 4.90 Å². The number of nitrogens with zero attached hydrogens (tertiary/aromatic N) is 1. The third-order valence-corrected chi connectivity index (χ3v) is 3.58. The van der Waals surface area contributed by atoms with Gasteiger partial charge in [-0.25, -0.2) is 0 Å². The van der Waals surface area contributed by atoms with Crippen LogP contribution in [0.2, 0.25) is 0 Å². The number of halogens is 1. The second-order valence-electron chi connectivity index (χ2n) is 3.76. The number of fused-ring (bicyclic) bond motifs is 1. The first-order valence-corrected chi connectivity index (χ1v) is 6.12. The number of hydrogen-bond donors (Lipinski definition) is 0. The zero-order chi connectivity index (χ0) is 11.5. The molecule has 0 fully saturated rings. The van der Waals surface area contributed by atoms with Crippen LogP contribution >= 0.6 is 15.9 Å². The molecule has 3 heteroatoms. The first kappa shape index (κ1) is 11.2. The first-order chi connectivity index (χ1) is 7.74. The first-order valence-electron chi connectivity index (χ1n) is 5.21. The highest BCUT2D eigenvalue weighted by Gasteiger charge is 2.27. The van der Waals surface area contributed by atoms with Crippen molar-refractivity contribution >= 4 is 27.5 Å². The molecule has 1 atom stereocenters. The lowest BCUT2D eigenvalue weighted by Crippen LogP contribution is -2.36. The number of aryl methyl sites for hydroxylation is 1. The molecule has 82 valence electrons. The van der Waals surface area contributed by atoms with Gasteiger partial charge in [0.15, 0.2) is 0 Å². The smallest absolute Gasteiger partial charge is 0.241 e. The van der Waals surface area contributed by atoms with Crippen molar-refractivity contribution in [2.45, 2.75) is 17.7 Å². The van der Waals surface area contributed by atoms with Gasteiger partial charge in [-0.1, -0.05) is 40.0 Å². The van der Waals surface area contributed by atoms with Crippen molar-refractivity contribution in [2.24, 2.45) is 0 Å². The standard InChI is InChI=1S/C13H12BrNO/c1-2-9-15-12-6-4-3-5-10(12)7-8-11(14)13(15)16/h1,3-6,11H,7-9H2. The molecule has 1 amide bonds. The van der Waals surface area contributed by atoms with Crippen LogP contribution in [0.1, 0.15) is 12.0 Å². The largest absolute Gasteiger partial charge is 0.300 e. The molecule has 2 nitrogen and oxygen atoms in total. The Kier molecular flexibility index (Phi) is 3.31. The topological polar surface area (TPSA) is 20.3 Å². The van der Waals surface area contributed by atoms with Gasteiger partial charge in [0.05, 0.1) is 11.4 Å². The Morgan fingerprint density at radius 3 is 3.00 bits per heavy atom. The summed E-state index contributed by atoms with van der Waals surface area (Å²) >= 11 is 3.41. The van der Waals surface area contributed by atoms with E-state index in [1.807, 2.05) is 18.2 Å². The summed E-state index contributed by atoms with van der Waals surface area (Å²) in [7, 11) is 0. The molecule has 1 unspecified atom stereocenters. The SMILES string of the molecule is C#CCN1C(=O)C(Br)CCc2ccccc21. The molecule has 1 aromatic carbocycles. The van der Waals surface area contributed by atoms with Crippen LogP contribution in [0.15, 0.2) is 24.3 Å². The normalized spacial score (nSPS) is 19.9. The van der Waals surface area contributed by atoms with Gasteiger partial charge in [0, 0.05) is 5.69 Å². The molecule has 0 saturated carbocycles. The maximum absolute atomic E-state index is 12.1. The second kappa shape index (κ2) is 4.71. The van der Waals surface area contributed by atoms with Gasteiger partial charge in [-0.3, -0.25) is 9.69 Å². The van der Waals surface area contributed by atoms with Gasteiger partial charge in [0.25, 0.3) is 0 Å². The summed E-state index contributed by atoms with van der Waals surface area (Å²) in [6.07, 6.45) is 7.03. The minimum absolute atomic E-state index is 0.0582. The Morgan fingerprint density at radius 1 is 1.50 bits per heavy atom. The lowest BCUT2D eigenvalue weighted by Gasteiger charge is -2.21. The van der Waals surface area contributed by atoms with E-state index in [0.717, 1.165) is 18.5 Å². The van der Waals surface area contributed by atoms with Gasteiger partial charge in [-0.2, -0.15) is 0 Å². The number of carbonyl (C=O) groups is 1. The summed E-state index contributed by atoms with van der Waals surface area (Å²) in [5.74, 6) is 2.60. The predicted octanol–water partition coefficient (Wildman–Crippen LogP) is 2.36. The molecule has 1 aliphatic heterocycles.